The van der Waals surface area contributed by atoms with Crippen molar-refractivity contribution in [3.8, 4) is 5.75 Å². The number of carbonyl (C=O) groups is 1. The molecule has 1 saturated carbocycles. The molecule has 0 aromatic heterocycles. The van der Waals surface area contributed by atoms with E-state index in [0.29, 0.717) is 28.2 Å². The van der Waals surface area contributed by atoms with Crippen molar-refractivity contribution in [2.45, 2.75) is 44.8 Å². The van der Waals surface area contributed by atoms with E-state index in [2.05, 4.69) is 27.9 Å². The Bertz CT molecular complexity index is 987. The van der Waals surface area contributed by atoms with Crippen molar-refractivity contribution >= 4 is 63.5 Å². The van der Waals surface area contributed by atoms with Crippen molar-refractivity contribution in [1.82, 2.24) is 10.2 Å². The maximum atomic E-state index is 12.9. The van der Waals surface area contributed by atoms with Gasteiger partial charge in [0.15, 0.2) is 5.11 Å². The highest BCUT2D eigenvalue weighted by Gasteiger charge is 2.36. The van der Waals surface area contributed by atoms with Crippen LogP contribution in [0.25, 0.3) is 6.08 Å². The highest BCUT2D eigenvalue weighted by Crippen LogP contribution is 2.29. The molecule has 1 saturated heterocycles. The smallest absolute Gasteiger partial charge is 0.276 e. The average Bonchev–Trinajstić information content (AvgIpc) is 3.02. The van der Waals surface area contributed by atoms with Crippen LogP contribution in [0.15, 0.2) is 48.2 Å². The van der Waals surface area contributed by atoms with E-state index in [9.17, 15) is 4.79 Å². The van der Waals surface area contributed by atoms with Crippen molar-refractivity contribution in [2.75, 3.05) is 0 Å². The summed E-state index contributed by atoms with van der Waals surface area (Å²) in [5.74, 6) is 0.560. The fraction of sp³-hybridized carbons (Fsp3) is 0.304. The summed E-state index contributed by atoms with van der Waals surface area (Å²) in [4.78, 5) is 14.7. The molecule has 156 valence electrons. The lowest BCUT2D eigenvalue weighted by Gasteiger charge is -2.29. The number of ether oxygens (including phenoxy) is 1. The molecule has 2 aromatic carbocycles. The molecule has 7 heteroatoms. The summed E-state index contributed by atoms with van der Waals surface area (Å²) in [6.07, 6.45) is 7.35. The maximum absolute atomic E-state index is 12.9. The summed E-state index contributed by atoms with van der Waals surface area (Å²) in [6.45, 7) is 0.446. The van der Waals surface area contributed by atoms with Crippen LogP contribution in [-0.4, -0.2) is 22.0 Å². The molecule has 0 radical (unpaired) electrons. The Labute approximate surface area is 200 Å². The van der Waals surface area contributed by atoms with E-state index in [1.165, 1.54) is 9.99 Å². The number of hydrogen-bond acceptors (Lipinski definition) is 3. The number of carbonyl (C=O) groups excluding carboxylic acids is 1. The Morgan fingerprint density at radius 1 is 1.17 bits per heavy atom. The van der Waals surface area contributed by atoms with Crippen LogP contribution in [0.1, 0.15) is 43.2 Å². The van der Waals surface area contributed by atoms with Crippen LogP contribution in [0, 0.1) is 3.57 Å². The summed E-state index contributed by atoms with van der Waals surface area (Å²) in [5.41, 5.74) is 2.40. The van der Waals surface area contributed by atoms with Crippen LogP contribution in [0.4, 0.5) is 0 Å². The third-order valence-electron chi connectivity index (χ3n) is 5.42. The minimum absolute atomic E-state index is 0.0536. The second-order valence-corrected chi connectivity index (χ2v) is 9.60. The number of rotatable bonds is 5. The molecule has 4 nitrogen and oxygen atoms in total. The minimum Gasteiger partial charge on any atom is -0.487 e. The molecule has 2 aromatic rings. The molecule has 1 heterocycles. The van der Waals surface area contributed by atoms with E-state index in [1.807, 2.05) is 36.4 Å². The molecular weight excluding hydrogens is 531 g/mol. The molecule has 0 spiro atoms. The van der Waals surface area contributed by atoms with Crippen LogP contribution < -0.4 is 10.1 Å². The largest absolute Gasteiger partial charge is 0.487 e. The molecule has 0 unspecified atom stereocenters. The zero-order valence-corrected chi connectivity index (χ0v) is 20.1. The summed E-state index contributed by atoms with van der Waals surface area (Å²) >= 11 is 14.1. The van der Waals surface area contributed by atoms with Crippen molar-refractivity contribution in [3.05, 3.63) is 67.9 Å². The van der Waals surface area contributed by atoms with Crippen molar-refractivity contribution in [3.63, 3.8) is 0 Å². The molecule has 2 aliphatic rings. The van der Waals surface area contributed by atoms with Gasteiger partial charge in [0, 0.05) is 9.61 Å². The predicted molar refractivity (Wildman–Crippen MR) is 132 cm³/mol. The van der Waals surface area contributed by atoms with Gasteiger partial charge in [-0.3, -0.25) is 9.69 Å². The number of thiocarbonyl (C=S) groups is 1. The quantitative estimate of drug-likeness (QED) is 0.284. The second kappa shape index (κ2) is 9.66. The lowest BCUT2D eigenvalue weighted by atomic mass is 9.94. The van der Waals surface area contributed by atoms with Crippen LogP contribution in [0.5, 0.6) is 5.75 Å². The van der Waals surface area contributed by atoms with Gasteiger partial charge in [-0.15, -0.1) is 0 Å². The summed E-state index contributed by atoms with van der Waals surface area (Å²) in [6, 6.07) is 13.9. The average molecular weight is 553 g/mol. The van der Waals surface area contributed by atoms with Crippen molar-refractivity contribution < 1.29 is 9.53 Å². The number of benzene rings is 2. The highest BCUT2D eigenvalue weighted by atomic mass is 127. The summed E-state index contributed by atoms with van der Waals surface area (Å²) in [7, 11) is 0. The molecule has 0 bridgehead atoms. The topological polar surface area (TPSA) is 41.6 Å². The molecule has 1 aliphatic carbocycles. The molecular formula is C23H22ClIN2O2S. The molecule has 1 N–H and O–H groups in total. The van der Waals surface area contributed by atoms with Crippen LogP contribution in [0.2, 0.25) is 5.02 Å². The van der Waals surface area contributed by atoms with Gasteiger partial charge in [-0.25, -0.2) is 0 Å². The Balaban J connectivity index is 1.44. The fourth-order valence-electron chi connectivity index (χ4n) is 3.85. The molecule has 1 aliphatic heterocycles. The van der Waals surface area contributed by atoms with E-state index in [0.717, 1.165) is 36.8 Å². The number of nitrogens with zero attached hydrogens (tertiary/aromatic N) is 1. The maximum Gasteiger partial charge on any atom is 0.276 e. The molecule has 1 amide bonds. The van der Waals surface area contributed by atoms with E-state index in [-0.39, 0.29) is 11.9 Å². The first-order valence-corrected chi connectivity index (χ1v) is 11.9. The first kappa shape index (κ1) is 21.6. The third kappa shape index (κ3) is 4.98. The van der Waals surface area contributed by atoms with Crippen LogP contribution in [-0.2, 0) is 11.4 Å². The van der Waals surface area contributed by atoms with Gasteiger partial charge in [0.2, 0.25) is 0 Å². The van der Waals surface area contributed by atoms with Gasteiger partial charge in [0.05, 0.1) is 5.02 Å². The lowest BCUT2D eigenvalue weighted by Crippen LogP contribution is -2.41. The monoisotopic (exact) mass is 552 g/mol. The van der Waals surface area contributed by atoms with E-state index in [1.54, 1.807) is 17.0 Å². The number of hydrogen-bond donors (Lipinski definition) is 1. The Morgan fingerprint density at radius 2 is 1.90 bits per heavy atom. The van der Waals surface area contributed by atoms with Gasteiger partial charge >= 0.3 is 0 Å². The predicted octanol–water partition coefficient (Wildman–Crippen LogP) is 5.91. The van der Waals surface area contributed by atoms with Gasteiger partial charge < -0.3 is 10.1 Å². The van der Waals surface area contributed by atoms with Gasteiger partial charge in [-0.2, -0.15) is 0 Å². The normalized spacial score (nSPS) is 18.7. The third-order valence-corrected chi connectivity index (χ3v) is 6.74. The zero-order valence-electron chi connectivity index (χ0n) is 16.4. The number of amides is 1. The lowest BCUT2D eigenvalue weighted by molar-refractivity contribution is -0.124. The Kier molecular flexibility index (Phi) is 6.95. The fourth-order valence-corrected chi connectivity index (χ4v) is 4.80. The first-order valence-electron chi connectivity index (χ1n) is 10.0. The number of nitrogens with one attached hydrogen (secondary N) is 1. The molecule has 0 atom stereocenters. The SMILES string of the molecule is O=C1/C(=C/c2ccc(OCc3ccc(I)cc3)c(Cl)c2)NC(=S)N1C1CCCCC1. The van der Waals surface area contributed by atoms with Gasteiger partial charge in [-0.1, -0.05) is 49.1 Å². The first-order chi connectivity index (χ1) is 14.5. The van der Waals surface area contributed by atoms with Crippen LogP contribution in [0.3, 0.4) is 0 Å². The van der Waals surface area contributed by atoms with Gasteiger partial charge in [0.1, 0.15) is 18.1 Å². The van der Waals surface area contributed by atoms with Gasteiger partial charge in [0.25, 0.3) is 5.91 Å². The summed E-state index contributed by atoms with van der Waals surface area (Å²) in [5, 5.41) is 4.09. The molecule has 4 rings (SSSR count). The zero-order chi connectivity index (χ0) is 21.1. The van der Waals surface area contributed by atoms with Gasteiger partial charge in [-0.05, 0) is 89.1 Å². The Morgan fingerprint density at radius 3 is 2.60 bits per heavy atom. The minimum atomic E-state index is -0.0536. The van der Waals surface area contributed by atoms with Crippen molar-refractivity contribution in [2.24, 2.45) is 0 Å². The van der Waals surface area contributed by atoms with E-state index in [4.69, 9.17) is 28.6 Å². The second-order valence-electron chi connectivity index (χ2n) is 7.56. The van der Waals surface area contributed by atoms with Crippen molar-refractivity contribution in [1.29, 1.82) is 0 Å². The molecule has 2 fully saturated rings. The van der Waals surface area contributed by atoms with E-state index >= 15 is 0 Å². The molecule has 30 heavy (non-hydrogen) atoms. The van der Waals surface area contributed by atoms with E-state index < -0.39 is 0 Å². The number of halogens is 2. The Hall–Kier alpha value is -1.64. The summed E-state index contributed by atoms with van der Waals surface area (Å²) < 4.78 is 7.04. The van der Waals surface area contributed by atoms with Crippen LogP contribution >= 0.6 is 46.4 Å². The standard InChI is InChI=1S/C23H22ClIN2O2S/c24-19-12-16(8-11-21(19)29-14-15-6-9-17(25)10-7-15)13-20-22(28)27(23(30)26-20)18-4-2-1-3-5-18/h6-13,18H,1-5,14H2,(H,26,30)/b20-13-. The highest BCUT2D eigenvalue weighted by molar-refractivity contribution is 14.1.